The lowest BCUT2D eigenvalue weighted by Gasteiger charge is -2.30. The van der Waals surface area contributed by atoms with Crippen LogP contribution in [0.5, 0.6) is 0 Å². The standard InChI is InChI=1S/C14H24N2O2/c1-14(11-17,15-9-10-18-4)12-5-7-13(8-6-12)16(2)3/h5-8,15,17H,9-11H2,1-4H3. The second-order valence-electron chi connectivity index (χ2n) is 4.85. The smallest absolute Gasteiger partial charge is 0.0652 e. The summed E-state index contributed by atoms with van der Waals surface area (Å²) in [5.74, 6) is 0. The summed E-state index contributed by atoms with van der Waals surface area (Å²) < 4.78 is 5.02. The number of benzene rings is 1. The molecule has 0 aliphatic carbocycles. The lowest BCUT2D eigenvalue weighted by Crippen LogP contribution is -2.44. The van der Waals surface area contributed by atoms with Gasteiger partial charge in [-0.2, -0.15) is 0 Å². The molecule has 0 saturated carbocycles. The molecule has 4 heteroatoms. The largest absolute Gasteiger partial charge is 0.394 e. The molecule has 0 aliphatic heterocycles. The summed E-state index contributed by atoms with van der Waals surface area (Å²) in [6.07, 6.45) is 0. The molecule has 0 bridgehead atoms. The molecular weight excluding hydrogens is 228 g/mol. The molecule has 0 aromatic heterocycles. The summed E-state index contributed by atoms with van der Waals surface area (Å²) in [6, 6.07) is 8.21. The van der Waals surface area contributed by atoms with Gasteiger partial charge in [0.15, 0.2) is 0 Å². The number of rotatable bonds is 7. The maximum atomic E-state index is 9.60. The minimum Gasteiger partial charge on any atom is -0.394 e. The summed E-state index contributed by atoms with van der Waals surface area (Å²) >= 11 is 0. The van der Waals surface area contributed by atoms with Crippen molar-refractivity contribution in [1.29, 1.82) is 0 Å². The minimum absolute atomic E-state index is 0.0536. The van der Waals surface area contributed by atoms with Gasteiger partial charge in [0, 0.05) is 33.4 Å². The molecule has 0 amide bonds. The molecule has 0 saturated heterocycles. The van der Waals surface area contributed by atoms with E-state index in [2.05, 4.69) is 22.3 Å². The fourth-order valence-corrected chi connectivity index (χ4v) is 1.81. The normalized spacial score (nSPS) is 14.3. The molecular formula is C14H24N2O2. The molecule has 1 rings (SSSR count). The fourth-order valence-electron chi connectivity index (χ4n) is 1.81. The van der Waals surface area contributed by atoms with Crippen LogP contribution in [0.2, 0.25) is 0 Å². The Morgan fingerprint density at radius 3 is 2.33 bits per heavy atom. The van der Waals surface area contributed by atoms with Crippen molar-refractivity contribution in [3.63, 3.8) is 0 Å². The van der Waals surface area contributed by atoms with Gasteiger partial charge in [-0.3, -0.25) is 0 Å². The summed E-state index contributed by atoms with van der Waals surface area (Å²) in [7, 11) is 5.69. The average Bonchev–Trinajstić information content (AvgIpc) is 2.39. The van der Waals surface area contributed by atoms with Crippen LogP contribution in [0.15, 0.2) is 24.3 Å². The molecule has 1 aromatic rings. The van der Waals surface area contributed by atoms with E-state index in [-0.39, 0.29) is 6.61 Å². The highest BCUT2D eigenvalue weighted by atomic mass is 16.5. The Labute approximate surface area is 110 Å². The Hall–Kier alpha value is -1.10. The quantitative estimate of drug-likeness (QED) is 0.716. The van der Waals surface area contributed by atoms with Crippen LogP contribution in [0, 0.1) is 0 Å². The fraction of sp³-hybridized carbons (Fsp3) is 0.571. The van der Waals surface area contributed by atoms with Crippen molar-refractivity contribution in [3.05, 3.63) is 29.8 Å². The molecule has 1 atom stereocenters. The van der Waals surface area contributed by atoms with Crippen molar-refractivity contribution in [2.75, 3.05) is 45.9 Å². The Kier molecular flexibility index (Phi) is 5.59. The van der Waals surface area contributed by atoms with E-state index >= 15 is 0 Å². The second-order valence-corrected chi connectivity index (χ2v) is 4.85. The van der Waals surface area contributed by atoms with Gasteiger partial charge >= 0.3 is 0 Å². The summed E-state index contributed by atoms with van der Waals surface area (Å²) in [5, 5.41) is 12.9. The molecule has 0 spiro atoms. The van der Waals surface area contributed by atoms with E-state index in [1.807, 2.05) is 33.2 Å². The highest BCUT2D eigenvalue weighted by Gasteiger charge is 2.24. The maximum Gasteiger partial charge on any atom is 0.0652 e. The first kappa shape index (κ1) is 15.0. The molecule has 0 fully saturated rings. The van der Waals surface area contributed by atoms with Crippen LogP contribution in [-0.4, -0.2) is 46.1 Å². The van der Waals surface area contributed by atoms with Crippen LogP contribution in [0.25, 0.3) is 0 Å². The van der Waals surface area contributed by atoms with Gasteiger partial charge in [0.2, 0.25) is 0 Å². The van der Waals surface area contributed by atoms with E-state index in [1.54, 1.807) is 7.11 Å². The number of anilines is 1. The zero-order valence-corrected chi connectivity index (χ0v) is 11.7. The van der Waals surface area contributed by atoms with E-state index in [9.17, 15) is 5.11 Å². The van der Waals surface area contributed by atoms with Crippen molar-refractivity contribution in [1.82, 2.24) is 5.32 Å². The van der Waals surface area contributed by atoms with Crippen molar-refractivity contribution in [2.45, 2.75) is 12.5 Å². The third-order valence-electron chi connectivity index (χ3n) is 3.16. The summed E-state index contributed by atoms with van der Waals surface area (Å²) in [5.41, 5.74) is 1.80. The third-order valence-corrected chi connectivity index (χ3v) is 3.16. The number of aliphatic hydroxyl groups excluding tert-OH is 1. The van der Waals surface area contributed by atoms with Crippen molar-refractivity contribution in [3.8, 4) is 0 Å². The van der Waals surface area contributed by atoms with Gasteiger partial charge in [-0.05, 0) is 24.6 Å². The van der Waals surface area contributed by atoms with Crippen molar-refractivity contribution < 1.29 is 9.84 Å². The van der Waals surface area contributed by atoms with Gasteiger partial charge in [-0.15, -0.1) is 0 Å². The SMILES string of the molecule is COCCNC(C)(CO)c1ccc(N(C)C)cc1. The highest BCUT2D eigenvalue weighted by Crippen LogP contribution is 2.22. The number of hydrogen-bond acceptors (Lipinski definition) is 4. The van der Waals surface area contributed by atoms with E-state index in [0.29, 0.717) is 13.2 Å². The number of nitrogens with one attached hydrogen (secondary N) is 1. The van der Waals surface area contributed by atoms with E-state index in [1.165, 1.54) is 0 Å². The number of methoxy groups -OCH3 is 1. The lowest BCUT2D eigenvalue weighted by atomic mass is 9.92. The Balaban J connectivity index is 2.80. The predicted molar refractivity (Wildman–Crippen MR) is 75.1 cm³/mol. The topological polar surface area (TPSA) is 44.7 Å². The zero-order chi connectivity index (χ0) is 13.6. The van der Waals surface area contributed by atoms with Gasteiger partial charge in [0.1, 0.15) is 0 Å². The minimum atomic E-state index is -0.427. The highest BCUT2D eigenvalue weighted by molar-refractivity contribution is 5.47. The van der Waals surface area contributed by atoms with E-state index in [0.717, 1.165) is 11.3 Å². The first-order valence-corrected chi connectivity index (χ1v) is 6.16. The van der Waals surface area contributed by atoms with Gasteiger partial charge in [0.25, 0.3) is 0 Å². The molecule has 0 radical (unpaired) electrons. The van der Waals surface area contributed by atoms with Crippen LogP contribution < -0.4 is 10.2 Å². The Morgan fingerprint density at radius 2 is 1.89 bits per heavy atom. The monoisotopic (exact) mass is 252 g/mol. The van der Waals surface area contributed by atoms with E-state index < -0.39 is 5.54 Å². The molecule has 0 aliphatic rings. The van der Waals surface area contributed by atoms with Crippen molar-refractivity contribution in [2.24, 2.45) is 0 Å². The first-order valence-electron chi connectivity index (χ1n) is 6.16. The molecule has 1 aromatic carbocycles. The van der Waals surface area contributed by atoms with Crippen LogP contribution >= 0.6 is 0 Å². The summed E-state index contributed by atoms with van der Waals surface area (Å²) in [6.45, 7) is 3.39. The van der Waals surface area contributed by atoms with Crippen LogP contribution in [0.4, 0.5) is 5.69 Å². The molecule has 18 heavy (non-hydrogen) atoms. The van der Waals surface area contributed by atoms with Crippen LogP contribution in [0.3, 0.4) is 0 Å². The molecule has 2 N–H and O–H groups in total. The Bertz CT molecular complexity index is 351. The van der Waals surface area contributed by atoms with E-state index in [4.69, 9.17) is 4.74 Å². The second kappa shape index (κ2) is 6.73. The molecule has 4 nitrogen and oxygen atoms in total. The first-order chi connectivity index (χ1) is 8.53. The number of ether oxygens (including phenoxy) is 1. The zero-order valence-electron chi connectivity index (χ0n) is 11.7. The number of aliphatic hydroxyl groups is 1. The molecule has 102 valence electrons. The summed E-state index contributed by atoms with van der Waals surface area (Å²) in [4.78, 5) is 2.05. The molecule has 1 unspecified atom stereocenters. The number of hydrogen-bond donors (Lipinski definition) is 2. The average molecular weight is 252 g/mol. The van der Waals surface area contributed by atoms with Crippen LogP contribution in [0.1, 0.15) is 12.5 Å². The maximum absolute atomic E-state index is 9.60. The molecule has 0 heterocycles. The lowest BCUT2D eigenvalue weighted by molar-refractivity contribution is 0.148. The van der Waals surface area contributed by atoms with Crippen LogP contribution in [-0.2, 0) is 10.3 Å². The van der Waals surface area contributed by atoms with Crippen molar-refractivity contribution >= 4 is 5.69 Å². The number of nitrogens with zero attached hydrogens (tertiary/aromatic N) is 1. The van der Waals surface area contributed by atoms with Gasteiger partial charge in [-0.25, -0.2) is 0 Å². The Morgan fingerprint density at radius 1 is 1.28 bits per heavy atom. The van der Waals surface area contributed by atoms with Gasteiger partial charge in [0.05, 0.1) is 18.8 Å². The third kappa shape index (κ3) is 3.70. The van der Waals surface area contributed by atoms with Gasteiger partial charge < -0.3 is 20.1 Å². The van der Waals surface area contributed by atoms with Gasteiger partial charge in [-0.1, -0.05) is 12.1 Å². The predicted octanol–water partition coefficient (Wildman–Crippen LogP) is 1.20.